The molecule has 0 amide bonds. The number of benzene rings is 3. The smallest absolute Gasteiger partial charge is 0.170 e. The SMILES string of the molecule is Cc1nc(N(C)CCCCN2CCN(c3cccc(C)c3C)CC2C)c2nc(-c3ccccc3)n(-c3ccccc3)c2n1. The summed E-state index contributed by atoms with van der Waals surface area (Å²) in [5.41, 5.74) is 7.96. The summed E-state index contributed by atoms with van der Waals surface area (Å²) in [4.78, 5) is 22.4. The Kier molecular flexibility index (Phi) is 8.43. The van der Waals surface area contributed by atoms with Crippen molar-refractivity contribution in [3.63, 3.8) is 0 Å². The average Bonchev–Trinajstić information content (AvgIpc) is 3.41. The molecule has 0 aliphatic carbocycles. The van der Waals surface area contributed by atoms with Gasteiger partial charge in [-0.15, -0.1) is 0 Å². The molecule has 0 N–H and O–H groups in total. The van der Waals surface area contributed by atoms with Gasteiger partial charge in [0.15, 0.2) is 17.0 Å². The standard InChI is InChI=1S/C36H43N7/c1-26-15-14-20-32(28(26)3)42-24-23-41(27(2)25-42)22-13-12-21-40(5)35-33-36(38-29(4)37-35)43(31-18-10-7-11-19-31)34(39-33)30-16-8-6-9-17-30/h6-11,14-20,27H,12-13,21-25H2,1-5H3. The molecule has 7 nitrogen and oxygen atoms in total. The van der Waals surface area contributed by atoms with Crippen LogP contribution in [0.15, 0.2) is 78.9 Å². The van der Waals surface area contributed by atoms with Gasteiger partial charge < -0.3 is 9.80 Å². The fourth-order valence-electron chi connectivity index (χ4n) is 6.31. The van der Waals surface area contributed by atoms with E-state index in [1.54, 1.807) is 0 Å². The Balaban J connectivity index is 1.15. The van der Waals surface area contributed by atoms with E-state index in [9.17, 15) is 0 Å². The number of rotatable bonds is 9. The van der Waals surface area contributed by atoms with Gasteiger partial charge >= 0.3 is 0 Å². The number of para-hydroxylation sites is 1. The molecule has 2 aromatic heterocycles. The molecule has 1 fully saturated rings. The van der Waals surface area contributed by atoms with Crippen molar-refractivity contribution in [2.24, 2.45) is 0 Å². The number of fused-ring (bicyclic) bond motifs is 1. The van der Waals surface area contributed by atoms with Gasteiger partial charge in [0.1, 0.15) is 11.6 Å². The number of aromatic nitrogens is 4. The maximum absolute atomic E-state index is 5.16. The quantitative estimate of drug-likeness (QED) is 0.180. The predicted octanol–water partition coefficient (Wildman–Crippen LogP) is 6.83. The second kappa shape index (κ2) is 12.6. The van der Waals surface area contributed by atoms with E-state index >= 15 is 0 Å². The van der Waals surface area contributed by atoms with E-state index in [1.165, 1.54) is 16.8 Å². The predicted molar refractivity (Wildman–Crippen MR) is 179 cm³/mol. The maximum Gasteiger partial charge on any atom is 0.170 e. The fourth-order valence-corrected chi connectivity index (χ4v) is 6.31. The molecule has 1 aliphatic heterocycles. The van der Waals surface area contributed by atoms with Crippen LogP contribution in [0.5, 0.6) is 0 Å². The summed E-state index contributed by atoms with van der Waals surface area (Å²) in [6.45, 7) is 14.1. The molecule has 1 saturated heterocycles. The highest BCUT2D eigenvalue weighted by atomic mass is 15.3. The Morgan fingerprint density at radius 1 is 0.814 bits per heavy atom. The number of hydrogen-bond acceptors (Lipinski definition) is 6. The van der Waals surface area contributed by atoms with E-state index in [4.69, 9.17) is 15.0 Å². The number of aryl methyl sites for hydroxylation is 2. The summed E-state index contributed by atoms with van der Waals surface area (Å²) < 4.78 is 2.16. The van der Waals surface area contributed by atoms with Gasteiger partial charge in [-0.2, -0.15) is 0 Å². The summed E-state index contributed by atoms with van der Waals surface area (Å²) in [5, 5.41) is 0. The van der Waals surface area contributed by atoms with Gasteiger partial charge in [-0.1, -0.05) is 60.7 Å². The summed E-state index contributed by atoms with van der Waals surface area (Å²) in [6, 6.07) is 27.9. The molecule has 3 heterocycles. The highest BCUT2D eigenvalue weighted by Gasteiger charge is 2.25. The van der Waals surface area contributed by atoms with Gasteiger partial charge in [0.25, 0.3) is 0 Å². The van der Waals surface area contributed by atoms with E-state index in [0.717, 1.165) is 85.4 Å². The van der Waals surface area contributed by atoms with Gasteiger partial charge in [0.2, 0.25) is 0 Å². The minimum absolute atomic E-state index is 0.536. The fraction of sp³-hybridized carbons (Fsp3) is 0.361. The van der Waals surface area contributed by atoms with Crippen LogP contribution in [0.1, 0.15) is 36.7 Å². The molecule has 0 radical (unpaired) electrons. The minimum atomic E-state index is 0.536. The Labute approximate surface area is 255 Å². The first-order valence-corrected chi connectivity index (χ1v) is 15.5. The Bertz CT molecular complexity index is 1680. The topological polar surface area (TPSA) is 53.3 Å². The van der Waals surface area contributed by atoms with Crippen LogP contribution in [0, 0.1) is 20.8 Å². The van der Waals surface area contributed by atoms with Crippen molar-refractivity contribution in [3.05, 3.63) is 95.8 Å². The third-order valence-corrected chi connectivity index (χ3v) is 8.88. The molecule has 0 bridgehead atoms. The van der Waals surface area contributed by atoms with E-state index in [0.29, 0.717) is 6.04 Å². The monoisotopic (exact) mass is 573 g/mol. The Morgan fingerprint density at radius 2 is 1.56 bits per heavy atom. The van der Waals surface area contributed by atoms with Crippen molar-refractivity contribution in [2.45, 2.75) is 46.6 Å². The van der Waals surface area contributed by atoms with Crippen LogP contribution in [0.4, 0.5) is 11.5 Å². The van der Waals surface area contributed by atoms with Crippen LogP contribution >= 0.6 is 0 Å². The summed E-state index contributed by atoms with van der Waals surface area (Å²) in [5.74, 6) is 2.52. The molecule has 3 aromatic carbocycles. The number of nitrogens with zero attached hydrogens (tertiary/aromatic N) is 7. The number of anilines is 2. The summed E-state index contributed by atoms with van der Waals surface area (Å²) in [6.07, 6.45) is 2.25. The van der Waals surface area contributed by atoms with Crippen LogP contribution in [0.25, 0.3) is 28.2 Å². The Hall–Kier alpha value is -4.23. The average molecular weight is 574 g/mol. The lowest BCUT2D eigenvalue weighted by atomic mass is 10.1. The second-order valence-electron chi connectivity index (χ2n) is 11.9. The van der Waals surface area contributed by atoms with Crippen molar-refractivity contribution in [1.82, 2.24) is 24.4 Å². The van der Waals surface area contributed by atoms with Crippen LogP contribution < -0.4 is 9.80 Å². The molecule has 5 aromatic rings. The number of imidazole rings is 1. The van der Waals surface area contributed by atoms with Gasteiger partial charge in [-0.25, -0.2) is 15.0 Å². The summed E-state index contributed by atoms with van der Waals surface area (Å²) in [7, 11) is 2.14. The van der Waals surface area contributed by atoms with Crippen LogP contribution in [0.3, 0.4) is 0 Å². The zero-order valence-electron chi connectivity index (χ0n) is 26.2. The maximum atomic E-state index is 5.16. The molecule has 43 heavy (non-hydrogen) atoms. The van der Waals surface area contributed by atoms with Crippen LogP contribution in [0.2, 0.25) is 0 Å². The number of unbranched alkanes of at least 4 members (excludes halogenated alkanes) is 1. The lowest BCUT2D eigenvalue weighted by Gasteiger charge is -2.41. The third kappa shape index (κ3) is 6.00. The van der Waals surface area contributed by atoms with Crippen LogP contribution in [-0.2, 0) is 0 Å². The largest absolute Gasteiger partial charge is 0.368 e. The first-order valence-electron chi connectivity index (χ1n) is 15.5. The van der Waals surface area contributed by atoms with Crippen molar-refractivity contribution in [2.75, 3.05) is 49.6 Å². The highest BCUT2D eigenvalue weighted by molar-refractivity contribution is 5.88. The van der Waals surface area contributed by atoms with E-state index < -0.39 is 0 Å². The molecule has 1 aliphatic rings. The van der Waals surface area contributed by atoms with Crippen LogP contribution in [-0.4, -0.2) is 70.2 Å². The molecule has 222 valence electrons. The molecule has 1 unspecified atom stereocenters. The van der Waals surface area contributed by atoms with E-state index in [1.807, 2.05) is 19.1 Å². The highest BCUT2D eigenvalue weighted by Crippen LogP contribution is 2.32. The number of piperazine rings is 1. The third-order valence-electron chi connectivity index (χ3n) is 8.88. The first-order chi connectivity index (χ1) is 20.9. The first kappa shape index (κ1) is 28.9. The van der Waals surface area contributed by atoms with E-state index in [-0.39, 0.29) is 0 Å². The van der Waals surface area contributed by atoms with Gasteiger partial charge in [-0.3, -0.25) is 9.47 Å². The zero-order chi connectivity index (χ0) is 29.9. The van der Waals surface area contributed by atoms with Crippen molar-refractivity contribution >= 4 is 22.7 Å². The lowest BCUT2D eigenvalue weighted by molar-refractivity contribution is 0.186. The second-order valence-corrected chi connectivity index (χ2v) is 11.9. The lowest BCUT2D eigenvalue weighted by Crippen LogP contribution is -2.52. The van der Waals surface area contributed by atoms with Gasteiger partial charge in [0.05, 0.1) is 0 Å². The van der Waals surface area contributed by atoms with E-state index in [2.05, 4.69) is 114 Å². The van der Waals surface area contributed by atoms with Crippen molar-refractivity contribution < 1.29 is 0 Å². The molecular weight excluding hydrogens is 530 g/mol. The van der Waals surface area contributed by atoms with Crippen molar-refractivity contribution in [3.8, 4) is 17.1 Å². The van der Waals surface area contributed by atoms with Gasteiger partial charge in [-0.05, 0) is 76.4 Å². The molecule has 0 spiro atoms. The normalized spacial score (nSPS) is 15.7. The number of hydrogen-bond donors (Lipinski definition) is 0. The zero-order valence-corrected chi connectivity index (χ0v) is 26.2. The molecule has 1 atom stereocenters. The van der Waals surface area contributed by atoms with Crippen molar-refractivity contribution in [1.29, 1.82) is 0 Å². The molecule has 7 heteroatoms. The Morgan fingerprint density at radius 3 is 2.30 bits per heavy atom. The molecule has 0 saturated carbocycles. The molecule has 6 rings (SSSR count). The summed E-state index contributed by atoms with van der Waals surface area (Å²) >= 11 is 0. The molecular formula is C36H43N7. The minimum Gasteiger partial charge on any atom is -0.368 e. The van der Waals surface area contributed by atoms with Gasteiger partial charge in [0, 0.05) is 56.2 Å².